The number of para-hydroxylation sites is 1. The number of hydrogen-bond acceptors (Lipinski definition) is 8. The smallest absolute Gasteiger partial charge is 0.410 e. The predicted octanol–water partition coefficient (Wildman–Crippen LogP) is 4.33. The second kappa shape index (κ2) is 10.6. The van der Waals surface area contributed by atoms with Crippen LogP contribution < -0.4 is 5.73 Å². The topological polar surface area (TPSA) is 123 Å². The molecule has 0 spiro atoms. The zero-order chi connectivity index (χ0) is 26.9. The van der Waals surface area contributed by atoms with Gasteiger partial charge in [0.05, 0.1) is 17.9 Å². The van der Waals surface area contributed by atoms with E-state index in [2.05, 4.69) is 20.2 Å². The highest BCUT2D eigenvalue weighted by atomic mass is 16.6. The number of ether oxygens (including phenoxy) is 1. The first kappa shape index (κ1) is 26.0. The Hall–Kier alpha value is -3.66. The fourth-order valence-electron chi connectivity index (χ4n) is 5.39. The summed E-state index contributed by atoms with van der Waals surface area (Å²) in [5.74, 6) is 0.478. The van der Waals surface area contributed by atoms with Crippen LogP contribution in [-0.4, -0.2) is 78.8 Å². The van der Waals surface area contributed by atoms with Gasteiger partial charge in [-0.25, -0.2) is 4.79 Å². The van der Waals surface area contributed by atoms with Crippen molar-refractivity contribution in [2.24, 2.45) is 0 Å². The quantitative estimate of drug-likeness (QED) is 0.522. The number of phenolic OH excluding ortho intramolecular Hbond substituents is 1. The lowest BCUT2D eigenvalue weighted by molar-refractivity contribution is 0.0119. The molecule has 4 heterocycles. The lowest BCUT2D eigenvalue weighted by atomic mass is 9.98. The van der Waals surface area contributed by atoms with Gasteiger partial charge in [-0.3, -0.25) is 4.68 Å². The number of aromatic nitrogens is 4. The molecule has 10 nitrogen and oxygen atoms in total. The van der Waals surface area contributed by atoms with Crippen LogP contribution in [0.4, 0.5) is 10.6 Å². The summed E-state index contributed by atoms with van der Waals surface area (Å²) in [5, 5.41) is 23.2. The van der Waals surface area contributed by atoms with Crippen molar-refractivity contribution in [1.82, 2.24) is 29.8 Å². The Kier molecular flexibility index (Phi) is 7.25. The highest BCUT2D eigenvalue weighted by molar-refractivity contribution is 5.78. The van der Waals surface area contributed by atoms with Gasteiger partial charge in [-0.2, -0.15) is 5.10 Å². The molecule has 10 heteroatoms. The van der Waals surface area contributed by atoms with E-state index in [4.69, 9.17) is 10.5 Å². The Balaban J connectivity index is 1.18. The standard InChI is InChI=1S/C28H37N7O3/c1-28(2,3)38-27(37)34-14-8-20(9-15-34)33-12-10-21(11-13-33)35-18-19(17-30-35)23-16-24(31-32-26(23)29)22-6-4-5-7-25(22)36/h4-7,16-18,20-21,36H,8-15H2,1-3H3,(H2,29,32). The van der Waals surface area contributed by atoms with Crippen molar-refractivity contribution in [3.05, 3.63) is 42.7 Å². The van der Waals surface area contributed by atoms with E-state index < -0.39 is 5.60 Å². The molecule has 1 amide bonds. The molecule has 2 aromatic heterocycles. The Bertz CT molecular complexity index is 1270. The lowest BCUT2D eigenvalue weighted by Gasteiger charge is -2.41. The molecule has 0 unspecified atom stereocenters. The first-order chi connectivity index (χ1) is 18.2. The Morgan fingerprint density at radius 1 is 1.00 bits per heavy atom. The third kappa shape index (κ3) is 5.75. The van der Waals surface area contributed by atoms with Gasteiger partial charge >= 0.3 is 6.09 Å². The normalized spacial score (nSPS) is 18.0. The minimum absolute atomic E-state index is 0.149. The minimum Gasteiger partial charge on any atom is -0.507 e. The summed E-state index contributed by atoms with van der Waals surface area (Å²) < 4.78 is 7.57. The molecule has 2 aliphatic heterocycles. The van der Waals surface area contributed by atoms with Crippen LogP contribution in [0.3, 0.4) is 0 Å². The summed E-state index contributed by atoms with van der Waals surface area (Å²) >= 11 is 0. The molecule has 5 rings (SSSR count). The monoisotopic (exact) mass is 519 g/mol. The van der Waals surface area contributed by atoms with Gasteiger partial charge in [-0.15, -0.1) is 10.2 Å². The fraction of sp³-hybridized carbons (Fsp3) is 0.500. The highest BCUT2D eigenvalue weighted by Crippen LogP contribution is 2.33. The van der Waals surface area contributed by atoms with E-state index in [0.29, 0.717) is 29.2 Å². The Morgan fingerprint density at radius 3 is 2.37 bits per heavy atom. The van der Waals surface area contributed by atoms with E-state index in [9.17, 15) is 9.90 Å². The van der Waals surface area contributed by atoms with Crippen molar-refractivity contribution in [2.75, 3.05) is 31.9 Å². The summed E-state index contributed by atoms with van der Waals surface area (Å²) in [4.78, 5) is 16.8. The number of phenols is 1. The number of benzene rings is 1. The number of anilines is 1. The Labute approximate surface area is 223 Å². The van der Waals surface area contributed by atoms with E-state index in [1.165, 1.54) is 0 Å². The van der Waals surface area contributed by atoms with Crippen LogP contribution in [0.2, 0.25) is 0 Å². The van der Waals surface area contributed by atoms with Gasteiger partial charge in [0, 0.05) is 55.1 Å². The number of amides is 1. The lowest BCUT2D eigenvalue weighted by Crippen LogP contribution is -2.49. The molecular formula is C28H37N7O3. The van der Waals surface area contributed by atoms with Crippen molar-refractivity contribution >= 4 is 11.9 Å². The number of hydrogen-bond donors (Lipinski definition) is 2. The number of nitrogens with zero attached hydrogens (tertiary/aromatic N) is 6. The van der Waals surface area contributed by atoms with Crippen LogP contribution >= 0.6 is 0 Å². The second-order valence-corrected chi connectivity index (χ2v) is 11.2. The molecule has 2 fully saturated rings. The van der Waals surface area contributed by atoms with Gasteiger partial charge in [0.2, 0.25) is 0 Å². The molecule has 0 saturated carbocycles. The third-order valence-electron chi connectivity index (χ3n) is 7.42. The number of piperidine rings is 2. The number of nitrogens with two attached hydrogens (primary N) is 1. The van der Waals surface area contributed by atoms with Gasteiger partial charge < -0.3 is 25.4 Å². The number of carbonyl (C=O) groups excluding carboxylic acids is 1. The van der Waals surface area contributed by atoms with Crippen LogP contribution in [0.15, 0.2) is 42.7 Å². The average Bonchev–Trinajstić information content (AvgIpc) is 3.39. The molecule has 1 aromatic carbocycles. The molecule has 0 radical (unpaired) electrons. The van der Waals surface area contributed by atoms with Crippen LogP contribution in [0.1, 0.15) is 52.5 Å². The van der Waals surface area contributed by atoms with E-state index in [1.54, 1.807) is 18.2 Å². The van der Waals surface area contributed by atoms with E-state index in [0.717, 1.165) is 63.0 Å². The summed E-state index contributed by atoms with van der Waals surface area (Å²) in [5.41, 5.74) is 8.51. The molecule has 3 aromatic rings. The van der Waals surface area contributed by atoms with Gasteiger partial charge in [0.25, 0.3) is 0 Å². The zero-order valence-electron chi connectivity index (χ0n) is 22.4. The van der Waals surface area contributed by atoms with Crippen LogP contribution in [0, 0.1) is 0 Å². The van der Waals surface area contributed by atoms with Crippen molar-refractivity contribution in [1.29, 1.82) is 0 Å². The largest absolute Gasteiger partial charge is 0.507 e. The molecule has 2 saturated heterocycles. The van der Waals surface area contributed by atoms with Crippen molar-refractivity contribution in [2.45, 2.75) is 64.1 Å². The van der Waals surface area contributed by atoms with E-state index >= 15 is 0 Å². The SMILES string of the molecule is CC(C)(C)OC(=O)N1CCC(N2CCC(n3cc(-c4cc(-c5ccccc5O)nnc4N)cn3)CC2)CC1. The number of aromatic hydroxyl groups is 1. The van der Waals surface area contributed by atoms with Gasteiger partial charge in [0.1, 0.15) is 11.4 Å². The zero-order valence-corrected chi connectivity index (χ0v) is 22.4. The summed E-state index contributed by atoms with van der Waals surface area (Å²) in [6.45, 7) is 9.21. The van der Waals surface area contributed by atoms with Crippen LogP contribution in [-0.2, 0) is 4.74 Å². The number of carbonyl (C=O) groups is 1. The summed E-state index contributed by atoms with van der Waals surface area (Å²) in [6.07, 6.45) is 7.62. The van der Waals surface area contributed by atoms with Crippen LogP contribution in [0.25, 0.3) is 22.4 Å². The average molecular weight is 520 g/mol. The van der Waals surface area contributed by atoms with E-state index in [-0.39, 0.29) is 11.8 Å². The third-order valence-corrected chi connectivity index (χ3v) is 7.42. The van der Waals surface area contributed by atoms with Crippen molar-refractivity contribution < 1.29 is 14.6 Å². The van der Waals surface area contributed by atoms with Crippen molar-refractivity contribution in [3.63, 3.8) is 0 Å². The summed E-state index contributed by atoms with van der Waals surface area (Å²) in [6, 6.07) is 9.72. The van der Waals surface area contributed by atoms with Crippen molar-refractivity contribution in [3.8, 4) is 28.1 Å². The molecule has 2 aliphatic rings. The first-order valence-corrected chi connectivity index (χ1v) is 13.4. The van der Waals surface area contributed by atoms with Gasteiger partial charge in [-0.1, -0.05) is 12.1 Å². The maximum Gasteiger partial charge on any atom is 0.410 e. The number of likely N-dealkylation sites (tertiary alicyclic amines) is 2. The molecule has 202 valence electrons. The fourth-order valence-corrected chi connectivity index (χ4v) is 5.39. The molecule has 3 N–H and O–H groups in total. The first-order valence-electron chi connectivity index (χ1n) is 13.4. The Morgan fingerprint density at radius 2 is 1.68 bits per heavy atom. The maximum atomic E-state index is 12.4. The van der Waals surface area contributed by atoms with Gasteiger partial charge in [0.15, 0.2) is 5.82 Å². The maximum absolute atomic E-state index is 12.4. The van der Waals surface area contributed by atoms with E-state index in [1.807, 2.05) is 54.9 Å². The predicted molar refractivity (Wildman–Crippen MR) is 145 cm³/mol. The molecular weight excluding hydrogens is 482 g/mol. The highest BCUT2D eigenvalue weighted by Gasteiger charge is 2.32. The second-order valence-electron chi connectivity index (χ2n) is 11.2. The summed E-state index contributed by atoms with van der Waals surface area (Å²) in [7, 11) is 0. The molecule has 0 aliphatic carbocycles. The number of nitrogen functional groups attached to an aromatic ring is 1. The molecule has 0 bridgehead atoms. The van der Waals surface area contributed by atoms with Gasteiger partial charge in [-0.05, 0) is 64.7 Å². The minimum atomic E-state index is -0.463. The molecule has 0 atom stereocenters. The molecule has 38 heavy (non-hydrogen) atoms. The van der Waals surface area contributed by atoms with Crippen LogP contribution in [0.5, 0.6) is 5.75 Å². The number of rotatable bonds is 4.